The van der Waals surface area contributed by atoms with Gasteiger partial charge in [-0.05, 0) is 54.1 Å². The summed E-state index contributed by atoms with van der Waals surface area (Å²) in [5, 5.41) is 1.52. The molecule has 6 nitrogen and oxygen atoms in total. The van der Waals surface area contributed by atoms with E-state index in [2.05, 4.69) is 10.3 Å². The highest BCUT2D eigenvalue weighted by molar-refractivity contribution is 7.91. The van der Waals surface area contributed by atoms with Gasteiger partial charge in [-0.3, -0.25) is 9.78 Å². The zero-order valence-electron chi connectivity index (χ0n) is 15.6. The summed E-state index contributed by atoms with van der Waals surface area (Å²) in [5.41, 5.74) is 0.541. The molecule has 0 aliphatic heterocycles. The van der Waals surface area contributed by atoms with Crippen LogP contribution in [-0.2, 0) is 9.84 Å². The highest BCUT2D eigenvalue weighted by atomic mass is 32.2. The van der Waals surface area contributed by atoms with Crippen molar-refractivity contribution < 1.29 is 22.3 Å². The minimum Gasteiger partial charge on any atom is -0.497 e. The van der Waals surface area contributed by atoms with Gasteiger partial charge in [-0.1, -0.05) is 12.1 Å². The van der Waals surface area contributed by atoms with E-state index in [9.17, 15) is 17.6 Å². The van der Waals surface area contributed by atoms with Gasteiger partial charge in [0.25, 0.3) is 5.91 Å². The Morgan fingerprint density at radius 1 is 1.14 bits per heavy atom. The summed E-state index contributed by atoms with van der Waals surface area (Å²) >= 11 is 0. The molecular formula is C21H19FN2O4S. The minimum absolute atomic E-state index is 0.0900. The van der Waals surface area contributed by atoms with E-state index >= 15 is 0 Å². The van der Waals surface area contributed by atoms with E-state index in [4.69, 9.17) is 4.74 Å². The van der Waals surface area contributed by atoms with Crippen molar-refractivity contribution in [3.8, 4) is 5.75 Å². The number of hydrogen-bond donors (Lipinski definition) is 1. The Kier molecular flexibility index (Phi) is 6.23. The van der Waals surface area contributed by atoms with Gasteiger partial charge in [0.1, 0.15) is 16.8 Å². The fourth-order valence-electron chi connectivity index (χ4n) is 2.82. The first-order chi connectivity index (χ1) is 13.9. The summed E-state index contributed by atoms with van der Waals surface area (Å²) in [7, 11) is -2.36. The molecule has 0 spiro atoms. The van der Waals surface area contributed by atoms with Gasteiger partial charge in [0, 0.05) is 24.5 Å². The van der Waals surface area contributed by atoms with Gasteiger partial charge >= 0.3 is 0 Å². The molecule has 0 fully saturated rings. The molecule has 1 aromatic heterocycles. The first-order valence-electron chi connectivity index (χ1n) is 8.73. The summed E-state index contributed by atoms with van der Waals surface area (Å²) < 4.78 is 45.0. The number of halogens is 1. The van der Waals surface area contributed by atoms with Crippen LogP contribution in [0.15, 0.2) is 78.0 Å². The molecule has 2 aromatic carbocycles. The number of nitrogens with one attached hydrogen (secondary N) is 1. The number of pyridine rings is 1. The maximum absolute atomic E-state index is 13.4. The van der Waals surface area contributed by atoms with Crippen molar-refractivity contribution in [1.29, 1.82) is 0 Å². The number of hydrogen-bond acceptors (Lipinski definition) is 5. The van der Waals surface area contributed by atoms with Crippen molar-refractivity contribution >= 4 is 15.7 Å². The highest BCUT2D eigenvalue weighted by Gasteiger charge is 2.30. The molecule has 29 heavy (non-hydrogen) atoms. The molecule has 0 saturated heterocycles. The Morgan fingerprint density at radius 2 is 1.90 bits per heavy atom. The van der Waals surface area contributed by atoms with Crippen LogP contribution in [0.1, 0.15) is 21.2 Å². The first kappa shape index (κ1) is 20.5. The molecule has 1 atom stereocenters. The normalized spacial score (nSPS) is 12.2. The molecule has 8 heteroatoms. The molecule has 0 aliphatic carbocycles. The summed E-state index contributed by atoms with van der Waals surface area (Å²) in [6.07, 6.45) is 2.98. The molecule has 0 radical (unpaired) electrons. The van der Waals surface area contributed by atoms with Crippen LogP contribution in [0.2, 0.25) is 0 Å². The molecule has 0 bridgehead atoms. The van der Waals surface area contributed by atoms with Crippen LogP contribution in [0.4, 0.5) is 4.39 Å². The number of sulfone groups is 1. The van der Waals surface area contributed by atoms with Crippen molar-refractivity contribution in [2.45, 2.75) is 10.1 Å². The zero-order valence-corrected chi connectivity index (χ0v) is 16.4. The maximum Gasteiger partial charge on any atom is 0.251 e. The Balaban J connectivity index is 1.89. The second-order valence-electron chi connectivity index (χ2n) is 6.22. The average Bonchev–Trinajstić information content (AvgIpc) is 2.74. The lowest BCUT2D eigenvalue weighted by Gasteiger charge is -2.19. The Bertz CT molecular complexity index is 1090. The first-order valence-corrected chi connectivity index (χ1v) is 10.3. The van der Waals surface area contributed by atoms with Gasteiger partial charge in [0.2, 0.25) is 0 Å². The number of nitrogens with zero attached hydrogens (tertiary/aromatic N) is 1. The summed E-state index contributed by atoms with van der Waals surface area (Å²) in [4.78, 5) is 16.5. The van der Waals surface area contributed by atoms with Crippen LogP contribution in [0, 0.1) is 5.82 Å². The van der Waals surface area contributed by atoms with Gasteiger partial charge in [-0.25, -0.2) is 12.8 Å². The third-order valence-electron chi connectivity index (χ3n) is 4.35. The monoisotopic (exact) mass is 414 g/mol. The number of amides is 1. The summed E-state index contributed by atoms with van der Waals surface area (Å²) in [6, 6.07) is 14.4. The molecule has 0 saturated carbocycles. The van der Waals surface area contributed by atoms with E-state index in [1.54, 1.807) is 24.3 Å². The maximum atomic E-state index is 13.4. The molecule has 1 unspecified atom stereocenters. The number of benzene rings is 2. The third kappa shape index (κ3) is 4.78. The number of aromatic nitrogens is 1. The Hall–Kier alpha value is -3.26. The average molecular weight is 414 g/mol. The molecule has 0 aliphatic rings. The molecular weight excluding hydrogens is 395 g/mol. The molecule has 150 valence electrons. The lowest BCUT2D eigenvalue weighted by Crippen LogP contribution is -2.32. The lowest BCUT2D eigenvalue weighted by atomic mass is 10.2. The molecule has 1 amide bonds. The van der Waals surface area contributed by atoms with Crippen LogP contribution < -0.4 is 10.1 Å². The second-order valence-corrected chi connectivity index (χ2v) is 8.35. The molecule has 3 aromatic rings. The van der Waals surface area contributed by atoms with Crippen molar-refractivity contribution in [3.63, 3.8) is 0 Å². The third-order valence-corrected chi connectivity index (χ3v) is 6.47. The van der Waals surface area contributed by atoms with E-state index in [1.807, 2.05) is 0 Å². The van der Waals surface area contributed by atoms with E-state index in [0.717, 1.165) is 6.07 Å². The van der Waals surface area contributed by atoms with Crippen molar-refractivity contribution in [2.75, 3.05) is 13.7 Å². The van der Waals surface area contributed by atoms with Crippen LogP contribution in [0.5, 0.6) is 5.75 Å². The summed E-state index contributed by atoms with van der Waals surface area (Å²) in [5.74, 6) is -0.586. The predicted octanol–water partition coefficient (Wildman–Crippen LogP) is 3.17. The Morgan fingerprint density at radius 3 is 2.52 bits per heavy atom. The van der Waals surface area contributed by atoms with E-state index < -0.39 is 26.8 Å². The van der Waals surface area contributed by atoms with Crippen LogP contribution in [-0.4, -0.2) is 33.0 Å². The minimum atomic E-state index is -3.85. The number of rotatable bonds is 7. The zero-order chi connectivity index (χ0) is 20.9. The fourth-order valence-corrected chi connectivity index (χ4v) is 4.46. The SMILES string of the molecule is COc1ccc(S(=O)(=O)C(CNC(=O)c2cccc(F)c2)c2cccnc2)cc1. The molecule has 1 N–H and O–H groups in total. The van der Waals surface area contributed by atoms with Crippen molar-refractivity contribution in [1.82, 2.24) is 10.3 Å². The molecule has 3 rings (SSSR count). The number of methoxy groups -OCH3 is 1. The second kappa shape index (κ2) is 8.83. The van der Waals surface area contributed by atoms with Crippen molar-refractivity contribution in [2.24, 2.45) is 0 Å². The van der Waals surface area contributed by atoms with Gasteiger partial charge < -0.3 is 10.1 Å². The fraction of sp³-hybridized carbons (Fsp3) is 0.143. The van der Waals surface area contributed by atoms with Crippen LogP contribution in [0.25, 0.3) is 0 Å². The quantitative estimate of drug-likeness (QED) is 0.642. The summed E-state index contributed by atoms with van der Waals surface area (Å²) in [6.45, 7) is -0.199. The Labute approximate surface area is 168 Å². The lowest BCUT2D eigenvalue weighted by molar-refractivity contribution is 0.0953. The number of ether oxygens (including phenoxy) is 1. The largest absolute Gasteiger partial charge is 0.497 e. The predicted molar refractivity (Wildman–Crippen MR) is 106 cm³/mol. The van der Waals surface area contributed by atoms with Gasteiger partial charge in [0.05, 0.1) is 12.0 Å². The topological polar surface area (TPSA) is 85.4 Å². The van der Waals surface area contributed by atoms with E-state index in [1.165, 1.54) is 49.8 Å². The number of carbonyl (C=O) groups is 1. The van der Waals surface area contributed by atoms with E-state index in [-0.39, 0.29) is 17.0 Å². The van der Waals surface area contributed by atoms with Gasteiger partial charge in [-0.2, -0.15) is 0 Å². The van der Waals surface area contributed by atoms with E-state index in [0.29, 0.717) is 11.3 Å². The number of carbonyl (C=O) groups excluding carboxylic acids is 1. The van der Waals surface area contributed by atoms with Crippen molar-refractivity contribution in [3.05, 3.63) is 90.0 Å². The van der Waals surface area contributed by atoms with Crippen LogP contribution >= 0.6 is 0 Å². The highest BCUT2D eigenvalue weighted by Crippen LogP contribution is 2.29. The van der Waals surface area contributed by atoms with Gasteiger partial charge in [0.15, 0.2) is 9.84 Å². The van der Waals surface area contributed by atoms with Crippen LogP contribution in [0.3, 0.4) is 0 Å². The standard InChI is InChI=1S/C21H19FN2O4S/c1-28-18-7-9-19(10-8-18)29(26,27)20(16-5-3-11-23-13-16)14-24-21(25)15-4-2-6-17(22)12-15/h2-13,20H,14H2,1H3,(H,24,25). The van der Waals surface area contributed by atoms with Gasteiger partial charge in [-0.15, -0.1) is 0 Å². The molecule has 1 heterocycles. The smallest absolute Gasteiger partial charge is 0.251 e.